The lowest BCUT2D eigenvalue weighted by Crippen LogP contribution is -2.42. The van der Waals surface area contributed by atoms with Crippen molar-refractivity contribution in [2.75, 3.05) is 0 Å². The van der Waals surface area contributed by atoms with Crippen molar-refractivity contribution in [2.45, 2.75) is 57.9 Å². The van der Waals surface area contributed by atoms with E-state index < -0.39 is 0 Å². The molecule has 2 aromatic heterocycles. The summed E-state index contributed by atoms with van der Waals surface area (Å²) in [6, 6.07) is 4.03. The van der Waals surface area contributed by atoms with Gasteiger partial charge in [0.15, 0.2) is 0 Å². The van der Waals surface area contributed by atoms with Crippen molar-refractivity contribution in [3.8, 4) is 11.4 Å². The molecule has 0 unspecified atom stereocenters. The fraction of sp³-hybridized carbons (Fsp3) is 0.556. The number of nitrogens with one attached hydrogen (secondary N) is 1. The Morgan fingerprint density at radius 1 is 1.38 bits per heavy atom. The van der Waals surface area contributed by atoms with Crippen LogP contribution in [0.1, 0.15) is 51.3 Å². The average molecular weight is 328 g/mol. The molecule has 1 N–H and O–H groups in total. The molecular weight excluding hydrogens is 304 g/mol. The molecule has 1 amide bonds. The zero-order valence-electron chi connectivity index (χ0n) is 14.1. The molecule has 0 radical (unpaired) electrons. The van der Waals surface area contributed by atoms with Crippen LogP contribution < -0.4 is 5.32 Å². The molecule has 24 heavy (non-hydrogen) atoms. The van der Waals surface area contributed by atoms with Gasteiger partial charge < -0.3 is 9.84 Å². The lowest BCUT2D eigenvalue weighted by atomic mass is 9.83. The summed E-state index contributed by atoms with van der Waals surface area (Å²) in [4.78, 5) is 20.6. The van der Waals surface area contributed by atoms with Gasteiger partial charge in [-0.05, 0) is 30.9 Å². The van der Waals surface area contributed by atoms with Gasteiger partial charge in [0.2, 0.25) is 17.6 Å². The van der Waals surface area contributed by atoms with E-state index in [4.69, 9.17) is 4.52 Å². The zero-order chi connectivity index (χ0) is 16.8. The molecule has 0 spiro atoms. The molecule has 6 nitrogen and oxygen atoms in total. The van der Waals surface area contributed by atoms with Gasteiger partial charge in [-0.3, -0.25) is 9.78 Å². The van der Waals surface area contributed by atoms with Gasteiger partial charge >= 0.3 is 0 Å². The van der Waals surface area contributed by atoms with E-state index in [2.05, 4.69) is 27.4 Å². The summed E-state index contributed by atoms with van der Waals surface area (Å²) in [5.41, 5.74) is 0.810. The molecule has 0 aromatic carbocycles. The summed E-state index contributed by atoms with van der Waals surface area (Å²) in [6.07, 6.45) is 10.2. The van der Waals surface area contributed by atoms with Crippen LogP contribution in [0.3, 0.4) is 0 Å². The maximum atomic E-state index is 12.2. The Morgan fingerprint density at radius 2 is 2.25 bits per heavy atom. The van der Waals surface area contributed by atoms with Crippen LogP contribution in [0.15, 0.2) is 29.0 Å². The number of aromatic nitrogens is 3. The molecule has 2 atom stereocenters. The Kier molecular flexibility index (Phi) is 5.56. The van der Waals surface area contributed by atoms with Crippen LogP contribution >= 0.6 is 0 Å². The van der Waals surface area contributed by atoms with Crippen LogP contribution in [0.2, 0.25) is 0 Å². The first kappa shape index (κ1) is 16.6. The minimum absolute atomic E-state index is 0.0708. The third kappa shape index (κ3) is 4.19. The van der Waals surface area contributed by atoms with Gasteiger partial charge in [0.1, 0.15) is 0 Å². The van der Waals surface area contributed by atoms with E-state index in [9.17, 15) is 4.79 Å². The third-order valence-corrected chi connectivity index (χ3v) is 4.73. The summed E-state index contributed by atoms with van der Waals surface area (Å²) in [7, 11) is 0. The second kappa shape index (κ2) is 8.04. The van der Waals surface area contributed by atoms with Gasteiger partial charge in [0, 0.05) is 36.8 Å². The van der Waals surface area contributed by atoms with Crippen LogP contribution in [-0.2, 0) is 11.2 Å². The Morgan fingerprint density at radius 3 is 3.04 bits per heavy atom. The SMILES string of the molecule is CC[C@H]1CCCC[C@@H]1NC(=O)CCc1nc(-c2cccnc2)no1. The topological polar surface area (TPSA) is 80.9 Å². The molecule has 128 valence electrons. The summed E-state index contributed by atoms with van der Waals surface area (Å²) in [5, 5.41) is 7.14. The highest BCUT2D eigenvalue weighted by Crippen LogP contribution is 2.26. The molecule has 1 saturated carbocycles. The summed E-state index contributed by atoms with van der Waals surface area (Å²) < 4.78 is 5.23. The quantitative estimate of drug-likeness (QED) is 0.881. The number of nitrogens with zero attached hydrogens (tertiary/aromatic N) is 3. The number of carbonyl (C=O) groups excluding carboxylic acids is 1. The monoisotopic (exact) mass is 328 g/mol. The van der Waals surface area contributed by atoms with Crippen LogP contribution in [0.5, 0.6) is 0 Å². The maximum Gasteiger partial charge on any atom is 0.227 e. The third-order valence-electron chi connectivity index (χ3n) is 4.73. The highest BCUT2D eigenvalue weighted by atomic mass is 16.5. The van der Waals surface area contributed by atoms with Crippen LogP contribution in [0, 0.1) is 5.92 Å². The minimum atomic E-state index is 0.0708. The van der Waals surface area contributed by atoms with Crippen molar-refractivity contribution < 1.29 is 9.32 Å². The largest absolute Gasteiger partial charge is 0.353 e. The van der Waals surface area contributed by atoms with Crippen LogP contribution in [-0.4, -0.2) is 27.1 Å². The fourth-order valence-electron chi connectivity index (χ4n) is 3.35. The van der Waals surface area contributed by atoms with E-state index in [-0.39, 0.29) is 5.91 Å². The molecular formula is C18H24N4O2. The molecule has 0 aliphatic heterocycles. The van der Waals surface area contributed by atoms with E-state index in [0.717, 1.165) is 18.4 Å². The second-order valence-corrected chi connectivity index (χ2v) is 6.38. The Hall–Kier alpha value is -2.24. The van der Waals surface area contributed by atoms with Crippen molar-refractivity contribution in [2.24, 2.45) is 5.92 Å². The summed E-state index contributed by atoms with van der Waals surface area (Å²) >= 11 is 0. The van der Waals surface area contributed by atoms with Crippen molar-refractivity contribution in [3.63, 3.8) is 0 Å². The number of pyridine rings is 1. The molecule has 0 saturated heterocycles. The molecule has 3 rings (SSSR count). The van der Waals surface area contributed by atoms with Gasteiger partial charge in [-0.2, -0.15) is 4.98 Å². The number of rotatable bonds is 6. The van der Waals surface area contributed by atoms with Gasteiger partial charge in [-0.1, -0.05) is 31.3 Å². The molecule has 1 aliphatic rings. The van der Waals surface area contributed by atoms with E-state index >= 15 is 0 Å². The smallest absolute Gasteiger partial charge is 0.227 e. The highest BCUT2D eigenvalue weighted by Gasteiger charge is 2.25. The molecule has 6 heteroatoms. The number of hydrogen-bond acceptors (Lipinski definition) is 5. The normalized spacial score (nSPS) is 20.7. The van der Waals surface area contributed by atoms with Gasteiger partial charge in [-0.25, -0.2) is 0 Å². The lowest BCUT2D eigenvalue weighted by Gasteiger charge is -2.31. The van der Waals surface area contributed by atoms with Crippen LogP contribution in [0.4, 0.5) is 0 Å². The Bertz CT molecular complexity index is 656. The van der Waals surface area contributed by atoms with E-state index in [0.29, 0.717) is 36.5 Å². The number of hydrogen-bond donors (Lipinski definition) is 1. The number of amides is 1. The summed E-state index contributed by atoms with van der Waals surface area (Å²) in [6.45, 7) is 2.20. The first-order valence-corrected chi connectivity index (χ1v) is 8.78. The number of aryl methyl sites for hydroxylation is 1. The highest BCUT2D eigenvalue weighted by molar-refractivity contribution is 5.76. The van der Waals surface area contributed by atoms with Crippen LogP contribution in [0.25, 0.3) is 11.4 Å². The molecule has 1 fully saturated rings. The van der Waals surface area contributed by atoms with E-state index in [1.165, 1.54) is 19.3 Å². The van der Waals surface area contributed by atoms with Crippen molar-refractivity contribution >= 4 is 5.91 Å². The van der Waals surface area contributed by atoms with Crippen molar-refractivity contribution in [1.29, 1.82) is 0 Å². The lowest BCUT2D eigenvalue weighted by molar-refractivity contribution is -0.122. The van der Waals surface area contributed by atoms with E-state index in [1.54, 1.807) is 12.4 Å². The predicted octanol–water partition coefficient (Wildman–Crippen LogP) is 3.15. The zero-order valence-corrected chi connectivity index (χ0v) is 14.1. The average Bonchev–Trinajstić information content (AvgIpc) is 3.10. The van der Waals surface area contributed by atoms with Crippen molar-refractivity contribution in [3.05, 3.63) is 30.4 Å². The Labute approximate surface area is 142 Å². The number of carbonyl (C=O) groups is 1. The first-order valence-electron chi connectivity index (χ1n) is 8.78. The molecule has 1 aliphatic carbocycles. The summed E-state index contributed by atoms with van der Waals surface area (Å²) in [5.74, 6) is 1.68. The van der Waals surface area contributed by atoms with Gasteiger partial charge in [0.25, 0.3) is 0 Å². The maximum absolute atomic E-state index is 12.2. The first-order chi connectivity index (χ1) is 11.8. The molecule has 2 aromatic rings. The molecule has 0 bridgehead atoms. The van der Waals surface area contributed by atoms with E-state index in [1.807, 2.05) is 12.1 Å². The van der Waals surface area contributed by atoms with Crippen molar-refractivity contribution in [1.82, 2.24) is 20.4 Å². The second-order valence-electron chi connectivity index (χ2n) is 6.38. The Balaban J connectivity index is 1.50. The standard InChI is InChI=1S/C18H24N4O2/c1-2-13-6-3-4-8-15(13)20-16(23)9-10-17-21-18(22-24-17)14-7-5-11-19-12-14/h5,7,11-13,15H,2-4,6,8-10H2,1H3,(H,20,23)/t13-,15-/m0/s1. The molecule has 2 heterocycles. The minimum Gasteiger partial charge on any atom is -0.353 e. The van der Waals surface area contributed by atoms with Gasteiger partial charge in [-0.15, -0.1) is 0 Å². The fourth-order valence-corrected chi connectivity index (χ4v) is 3.35. The predicted molar refractivity (Wildman–Crippen MR) is 90.0 cm³/mol. The van der Waals surface area contributed by atoms with Gasteiger partial charge in [0.05, 0.1) is 0 Å².